The Bertz CT molecular complexity index is 1300. The molecule has 1 aliphatic carbocycles. The highest BCUT2D eigenvalue weighted by Crippen LogP contribution is 2.30. The van der Waals surface area contributed by atoms with Crippen LogP contribution >= 0.6 is 24.0 Å². The first-order chi connectivity index (χ1) is 17.6. The van der Waals surface area contributed by atoms with Gasteiger partial charge in [0.2, 0.25) is 15.9 Å². The number of ether oxygens (including phenoxy) is 1. The number of methoxy groups -OCH3 is 1. The predicted octanol–water partition coefficient (Wildman–Crippen LogP) is 3.83. The molecule has 2 fully saturated rings. The number of amidine groups is 1. The molecule has 1 aliphatic heterocycles. The zero-order valence-electron chi connectivity index (χ0n) is 21.5. The maximum Gasteiger partial charge on any atom is 0.307 e. The Morgan fingerprint density at radius 2 is 1.74 bits per heavy atom. The molecule has 1 amide bonds. The van der Waals surface area contributed by atoms with Crippen LogP contribution in [-0.4, -0.2) is 74.2 Å². The fraction of sp³-hybridized carbons (Fsp3) is 0.500. The van der Waals surface area contributed by atoms with Crippen molar-refractivity contribution in [3.05, 3.63) is 41.4 Å². The monoisotopic (exact) mass is 584 g/mol. The number of piperazine rings is 1. The van der Waals surface area contributed by atoms with Gasteiger partial charge in [0.1, 0.15) is 0 Å². The van der Waals surface area contributed by atoms with Crippen molar-refractivity contribution in [2.24, 2.45) is 5.92 Å². The number of amides is 1. The summed E-state index contributed by atoms with van der Waals surface area (Å²) in [5.41, 5.74) is 0. The van der Waals surface area contributed by atoms with Crippen LogP contribution in [0, 0.1) is 11.3 Å². The lowest BCUT2D eigenvalue weighted by molar-refractivity contribution is -0.145. The van der Waals surface area contributed by atoms with Gasteiger partial charge < -0.3 is 15.0 Å². The average molecular weight is 586 g/mol. The van der Waals surface area contributed by atoms with Crippen molar-refractivity contribution in [3.8, 4) is 0 Å². The van der Waals surface area contributed by atoms with Gasteiger partial charge in [-0.1, -0.05) is 23.7 Å². The molecular formula is C26H34Cl2N4O5S. The summed E-state index contributed by atoms with van der Waals surface area (Å²) in [6, 6.07) is 9.60. The lowest BCUT2D eigenvalue weighted by Gasteiger charge is -2.42. The zero-order valence-corrected chi connectivity index (χ0v) is 23.9. The van der Waals surface area contributed by atoms with Crippen LogP contribution in [0.1, 0.15) is 39.0 Å². The van der Waals surface area contributed by atoms with Crippen molar-refractivity contribution in [2.45, 2.75) is 56.0 Å². The third-order valence-electron chi connectivity index (χ3n) is 7.25. The SMILES string of the molecule is COC(=O)CC1CN(C(=O)[C@H]2CC[C@H](NC(C)=N)CC2)CCN1S(=O)(=O)c1ccc2cc(Cl)ccc2c1.Cl. The van der Waals surface area contributed by atoms with Crippen molar-refractivity contribution >= 4 is 62.5 Å². The third-order valence-corrected chi connectivity index (χ3v) is 9.43. The number of carbonyl (C=O) groups is 2. The number of halogens is 2. The van der Waals surface area contributed by atoms with Crippen LogP contribution in [0.25, 0.3) is 10.8 Å². The van der Waals surface area contributed by atoms with E-state index in [0.29, 0.717) is 23.7 Å². The topological polar surface area (TPSA) is 120 Å². The van der Waals surface area contributed by atoms with Crippen LogP contribution in [-0.2, 0) is 24.3 Å². The maximum atomic E-state index is 13.7. The van der Waals surface area contributed by atoms with Gasteiger partial charge in [-0.2, -0.15) is 4.31 Å². The lowest BCUT2D eigenvalue weighted by Crippen LogP contribution is -2.58. The quantitative estimate of drug-likeness (QED) is 0.302. The summed E-state index contributed by atoms with van der Waals surface area (Å²) in [6.45, 7) is 2.20. The number of hydrogen-bond donors (Lipinski definition) is 2. The highest BCUT2D eigenvalue weighted by molar-refractivity contribution is 7.89. The van der Waals surface area contributed by atoms with Crippen LogP contribution in [0.15, 0.2) is 41.3 Å². The Hall–Kier alpha value is -2.40. The first kappa shape index (κ1) is 30.1. The van der Waals surface area contributed by atoms with E-state index in [-0.39, 0.29) is 61.2 Å². The Labute approximate surface area is 234 Å². The molecule has 0 aromatic heterocycles. The average Bonchev–Trinajstić information content (AvgIpc) is 2.87. The van der Waals surface area contributed by atoms with Gasteiger partial charge >= 0.3 is 5.97 Å². The third kappa shape index (κ3) is 6.77. The molecule has 38 heavy (non-hydrogen) atoms. The molecule has 4 rings (SSSR count). The second-order valence-electron chi connectivity index (χ2n) is 9.81. The first-order valence-electron chi connectivity index (χ1n) is 12.5. The van der Waals surface area contributed by atoms with Crippen LogP contribution < -0.4 is 5.32 Å². The molecule has 2 aliphatic rings. The fourth-order valence-corrected chi connectivity index (χ4v) is 7.16. The van der Waals surface area contributed by atoms with Crippen LogP contribution in [0.3, 0.4) is 0 Å². The molecule has 1 saturated heterocycles. The molecule has 1 unspecified atom stereocenters. The summed E-state index contributed by atoms with van der Waals surface area (Å²) < 4.78 is 33.6. The van der Waals surface area contributed by atoms with Gasteiger partial charge in [-0.3, -0.25) is 15.0 Å². The van der Waals surface area contributed by atoms with Crippen molar-refractivity contribution in [2.75, 3.05) is 26.7 Å². The molecule has 9 nitrogen and oxygen atoms in total. The maximum absolute atomic E-state index is 13.7. The molecule has 0 spiro atoms. The summed E-state index contributed by atoms with van der Waals surface area (Å²) in [5, 5.41) is 12.9. The number of nitrogens with zero attached hydrogens (tertiary/aromatic N) is 2. The van der Waals surface area contributed by atoms with E-state index in [1.807, 2.05) is 0 Å². The Kier molecular flexibility index (Phi) is 10.0. The van der Waals surface area contributed by atoms with Crippen molar-refractivity contribution in [1.82, 2.24) is 14.5 Å². The van der Waals surface area contributed by atoms with E-state index >= 15 is 0 Å². The summed E-state index contributed by atoms with van der Waals surface area (Å²) in [4.78, 5) is 27.4. The molecule has 1 saturated carbocycles. The molecule has 2 aromatic carbocycles. The largest absolute Gasteiger partial charge is 0.469 e. The van der Waals surface area contributed by atoms with Gasteiger partial charge in [-0.15, -0.1) is 12.4 Å². The van der Waals surface area contributed by atoms with Gasteiger partial charge in [0.25, 0.3) is 0 Å². The molecule has 0 radical (unpaired) electrons. The second-order valence-corrected chi connectivity index (χ2v) is 12.1. The number of sulfonamides is 1. The number of nitrogens with one attached hydrogen (secondary N) is 2. The van der Waals surface area contributed by atoms with Crippen LogP contribution in [0.5, 0.6) is 0 Å². The molecule has 208 valence electrons. The van der Waals surface area contributed by atoms with E-state index in [9.17, 15) is 18.0 Å². The standard InChI is InChI=1S/C26H33ClN4O5S.ClH/c1-17(28)29-22-8-4-18(5-9-22)26(33)30-11-12-31(23(16-30)15-25(32)36-2)37(34,35)24-10-6-19-13-21(27)7-3-20(19)14-24;/h3,6-7,10,13-14,18,22-23H,4-5,8-9,11-12,15-16H2,1-2H3,(H2,28,29);1H/t18-,22-,23?;. The van der Waals surface area contributed by atoms with E-state index in [1.54, 1.807) is 48.2 Å². The summed E-state index contributed by atoms with van der Waals surface area (Å²) in [6.07, 6.45) is 2.90. The van der Waals surface area contributed by atoms with Gasteiger partial charge in [-0.05, 0) is 67.6 Å². The minimum atomic E-state index is -3.93. The van der Waals surface area contributed by atoms with Gasteiger partial charge in [0, 0.05) is 36.6 Å². The van der Waals surface area contributed by atoms with Crippen LogP contribution in [0.2, 0.25) is 5.02 Å². The highest BCUT2D eigenvalue weighted by Gasteiger charge is 2.40. The van der Waals surface area contributed by atoms with Crippen molar-refractivity contribution < 1.29 is 22.7 Å². The predicted molar refractivity (Wildman–Crippen MR) is 149 cm³/mol. The van der Waals surface area contributed by atoms with Crippen LogP contribution in [0.4, 0.5) is 0 Å². The van der Waals surface area contributed by atoms with E-state index < -0.39 is 22.0 Å². The molecule has 12 heteroatoms. The smallest absolute Gasteiger partial charge is 0.307 e. The minimum Gasteiger partial charge on any atom is -0.469 e. The van der Waals surface area contributed by atoms with Crippen molar-refractivity contribution in [3.63, 3.8) is 0 Å². The number of hydrogen-bond acceptors (Lipinski definition) is 6. The minimum absolute atomic E-state index is 0. The molecule has 0 bridgehead atoms. The lowest BCUT2D eigenvalue weighted by atomic mass is 9.85. The molecular weight excluding hydrogens is 551 g/mol. The van der Waals surface area contributed by atoms with Gasteiger partial charge in [-0.25, -0.2) is 8.42 Å². The second kappa shape index (κ2) is 12.6. The Balaban J connectivity index is 0.00000400. The van der Waals surface area contributed by atoms with E-state index in [0.717, 1.165) is 23.6 Å². The Morgan fingerprint density at radius 3 is 2.39 bits per heavy atom. The normalized spacial score (nSPS) is 22.4. The summed E-state index contributed by atoms with van der Waals surface area (Å²) in [7, 11) is -2.67. The number of benzene rings is 2. The Morgan fingerprint density at radius 1 is 1.08 bits per heavy atom. The summed E-state index contributed by atoms with van der Waals surface area (Å²) >= 11 is 6.06. The number of esters is 1. The van der Waals surface area contributed by atoms with Gasteiger partial charge in [0.05, 0.1) is 30.3 Å². The molecule has 1 atom stereocenters. The number of rotatable bonds is 6. The number of carbonyl (C=O) groups excluding carboxylic acids is 2. The van der Waals surface area contributed by atoms with E-state index in [4.69, 9.17) is 21.7 Å². The number of fused-ring (bicyclic) bond motifs is 1. The zero-order chi connectivity index (χ0) is 26.7. The van der Waals surface area contributed by atoms with Gasteiger partial charge in [0.15, 0.2) is 0 Å². The molecule has 2 aromatic rings. The fourth-order valence-electron chi connectivity index (χ4n) is 5.34. The van der Waals surface area contributed by atoms with E-state index in [1.165, 1.54) is 11.4 Å². The highest BCUT2D eigenvalue weighted by atomic mass is 35.5. The van der Waals surface area contributed by atoms with Crippen molar-refractivity contribution in [1.29, 1.82) is 5.41 Å². The first-order valence-corrected chi connectivity index (χ1v) is 14.3. The molecule has 2 N–H and O–H groups in total. The molecule has 1 heterocycles. The summed E-state index contributed by atoms with van der Waals surface area (Å²) in [5.74, 6) is -0.243. The van der Waals surface area contributed by atoms with E-state index in [2.05, 4.69) is 5.32 Å².